The summed E-state index contributed by atoms with van der Waals surface area (Å²) < 4.78 is 38.2. The Kier molecular flexibility index (Phi) is 13.4. The smallest absolute Gasteiger partial charge is 0.338 e. The zero-order valence-corrected chi connectivity index (χ0v) is 51.5. The van der Waals surface area contributed by atoms with E-state index >= 15 is 0 Å². The van der Waals surface area contributed by atoms with Crippen molar-refractivity contribution in [2.24, 2.45) is 0 Å². The molecule has 18 rings (SSSR count). The molecule has 4 heterocycles. The lowest BCUT2D eigenvalue weighted by Crippen LogP contribution is -2.58. The molecular formula is C84H52B2O10. The fraction of sp³-hybridized carbons (Fsp3) is 0.0476. The summed E-state index contributed by atoms with van der Waals surface area (Å²) >= 11 is 0. The Balaban J connectivity index is 0.907. The first-order valence-electron chi connectivity index (χ1n) is 32.1. The highest BCUT2D eigenvalue weighted by molar-refractivity contribution is 7.01. The quantitative estimate of drug-likeness (QED) is 0.0450. The van der Waals surface area contributed by atoms with Crippen molar-refractivity contribution in [1.29, 1.82) is 0 Å². The average Bonchev–Trinajstić information content (AvgIpc) is 0.668. The van der Waals surface area contributed by atoms with E-state index < -0.39 is 37.3 Å². The van der Waals surface area contributed by atoms with Crippen LogP contribution in [0.5, 0.6) is 23.0 Å². The zero-order valence-electron chi connectivity index (χ0n) is 51.5. The lowest BCUT2D eigenvalue weighted by molar-refractivity contribution is 0.0463. The predicted octanol–water partition coefficient (Wildman–Crippen LogP) is 14.6. The molecule has 0 N–H and O–H groups in total. The molecule has 0 saturated heterocycles. The van der Waals surface area contributed by atoms with Gasteiger partial charge in [0.2, 0.25) is 0 Å². The van der Waals surface area contributed by atoms with Gasteiger partial charge in [0.1, 0.15) is 49.4 Å². The fourth-order valence-electron chi connectivity index (χ4n) is 15.0. The molecule has 0 bridgehead atoms. The van der Waals surface area contributed by atoms with Gasteiger partial charge in [0.05, 0.1) is 22.3 Å². The molecule has 4 aliphatic heterocycles. The molecule has 96 heavy (non-hydrogen) atoms. The fourth-order valence-corrected chi connectivity index (χ4v) is 15.0. The normalized spacial score (nSPS) is 12.4. The van der Waals surface area contributed by atoms with Crippen LogP contribution in [0.2, 0.25) is 0 Å². The summed E-state index contributed by atoms with van der Waals surface area (Å²) in [6.45, 7) is -0.640. The third kappa shape index (κ3) is 9.43. The Morgan fingerprint density at radius 1 is 0.271 bits per heavy atom. The molecule has 0 unspecified atom stereocenters. The maximum atomic E-state index is 14.8. The summed E-state index contributed by atoms with van der Waals surface area (Å²) in [6.07, 6.45) is 0. The van der Waals surface area contributed by atoms with Gasteiger partial charge in [-0.25, -0.2) is 19.2 Å². The molecule has 14 aromatic carbocycles. The highest BCUT2D eigenvalue weighted by Gasteiger charge is 2.45. The predicted molar refractivity (Wildman–Crippen MR) is 376 cm³/mol. The zero-order chi connectivity index (χ0) is 64.1. The van der Waals surface area contributed by atoms with Gasteiger partial charge in [-0.1, -0.05) is 217 Å². The van der Waals surface area contributed by atoms with E-state index in [4.69, 9.17) is 28.4 Å². The van der Waals surface area contributed by atoms with E-state index in [2.05, 4.69) is 72.8 Å². The number of esters is 4. The Labute approximate surface area is 552 Å². The van der Waals surface area contributed by atoms with Crippen molar-refractivity contribution in [1.82, 2.24) is 0 Å². The SMILES string of the molecule is O=C(OCc1ccccc1)c1ccc2c(c1)Oc1cc(C(=O)OCc3ccccc3)cc3c1B2c1cc2c(-c4ccccc4)cc4c5c(cc6c(-c7ccccc7)cc-3c1c6c25)B1c2ccc(C(=O)OCc3ccccc3)cc2Oc2cc(C(=O)OCc3ccccc3)cc-4c21. The van der Waals surface area contributed by atoms with Gasteiger partial charge in [-0.15, -0.1) is 0 Å². The van der Waals surface area contributed by atoms with Crippen molar-refractivity contribution < 1.29 is 47.6 Å². The standard InChI is InChI=1S/C84H52B2O10/c87-81(91-45-49-19-7-1-8-20-49)55-31-33-67-71(37-55)95-73-39-57(83(89)93-47-51-23-11-3-12-24-51)35-65-61-41-60(54-29-17-6-18-30-54)64-44-70-76-62(42-59(53-27-15-5-16-28-53)63-43-69(85(67)79(65)73)75(61)77(64)78(63)76)66-36-58(84(90)94-48-52-25-13-4-14-26-52)40-74-80(66)86(70)68-34-32-56(38-72(68)96-74)82(88)92-46-50-21-9-2-10-22-50/h1-44H,45-48H2. The molecule has 4 aliphatic rings. The van der Waals surface area contributed by atoms with Gasteiger partial charge in [0.25, 0.3) is 13.4 Å². The Morgan fingerprint density at radius 2 is 0.583 bits per heavy atom. The molecule has 454 valence electrons. The lowest BCUT2D eigenvalue weighted by Gasteiger charge is -2.37. The van der Waals surface area contributed by atoms with E-state index in [1.54, 1.807) is 24.3 Å². The minimum absolute atomic E-state index is 0.0589. The highest BCUT2D eigenvalue weighted by atomic mass is 16.5. The van der Waals surface area contributed by atoms with Crippen molar-refractivity contribution in [3.63, 3.8) is 0 Å². The third-order valence-electron chi connectivity index (χ3n) is 19.3. The van der Waals surface area contributed by atoms with Gasteiger partial charge in [-0.05, 0) is 182 Å². The average molecular weight is 1240 g/mol. The Bertz CT molecular complexity index is 5210. The first kappa shape index (κ1) is 56.5. The Hall–Kier alpha value is -12.3. The van der Waals surface area contributed by atoms with Crippen LogP contribution in [0.15, 0.2) is 267 Å². The van der Waals surface area contributed by atoms with E-state index in [9.17, 15) is 19.2 Å². The maximum absolute atomic E-state index is 14.8. The highest BCUT2D eigenvalue weighted by Crippen LogP contribution is 2.51. The van der Waals surface area contributed by atoms with E-state index in [1.165, 1.54) is 0 Å². The van der Waals surface area contributed by atoms with Crippen LogP contribution in [0.3, 0.4) is 0 Å². The van der Waals surface area contributed by atoms with Crippen LogP contribution < -0.4 is 42.3 Å². The lowest BCUT2D eigenvalue weighted by atomic mass is 9.31. The molecule has 0 aliphatic carbocycles. The molecule has 0 amide bonds. The van der Waals surface area contributed by atoms with Gasteiger partial charge >= 0.3 is 23.9 Å². The van der Waals surface area contributed by atoms with Gasteiger partial charge < -0.3 is 28.4 Å². The van der Waals surface area contributed by atoms with E-state index in [-0.39, 0.29) is 26.4 Å². The minimum Gasteiger partial charge on any atom is -0.458 e. The van der Waals surface area contributed by atoms with Crippen molar-refractivity contribution >= 4 is 102 Å². The number of benzene rings is 14. The van der Waals surface area contributed by atoms with E-state index in [1.807, 2.05) is 170 Å². The second kappa shape index (κ2) is 22.8. The summed E-state index contributed by atoms with van der Waals surface area (Å²) in [5.41, 5.74) is 17.4. The number of fused-ring (bicyclic) bond motifs is 8. The van der Waals surface area contributed by atoms with Crippen molar-refractivity contribution in [3.8, 4) is 67.5 Å². The van der Waals surface area contributed by atoms with Crippen molar-refractivity contribution in [2.75, 3.05) is 0 Å². The molecule has 0 atom stereocenters. The molecule has 0 radical (unpaired) electrons. The third-order valence-corrected chi connectivity index (χ3v) is 19.3. The number of carbonyl (C=O) groups is 4. The molecule has 10 nitrogen and oxygen atoms in total. The number of ether oxygens (including phenoxy) is 6. The molecule has 0 saturated carbocycles. The van der Waals surface area contributed by atoms with E-state index in [0.717, 1.165) is 132 Å². The largest absolute Gasteiger partial charge is 0.458 e. The molecule has 0 spiro atoms. The van der Waals surface area contributed by atoms with Crippen molar-refractivity contribution in [3.05, 3.63) is 311 Å². The van der Waals surface area contributed by atoms with Gasteiger partial charge in [0, 0.05) is 0 Å². The van der Waals surface area contributed by atoms with Crippen LogP contribution in [0.1, 0.15) is 63.7 Å². The second-order valence-corrected chi connectivity index (χ2v) is 24.9. The number of carbonyl (C=O) groups excluding carboxylic acids is 4. The van der Waals surface area contributed by atoms with Gasteiger partial charge in [-0.2, -0.15) is 0 Å². The van der Waals surface area contributed by atoms with Gasteiger partial charge in [-0.3, -0.25) is 0 Å². The van der Waals surface area contributed by atoms with Crippen LogP contribution in [0, 0.1) is 0 Å². The summed E-state index contributed by atoms with van der Waals surface area (Å²) in [5, 5.41) is 6.01. The molecule has 0 aromatic heterocycles. The van der Waals surface area contributed by atoms with Crippen LogP contribution in [0.25, 0.3) is 76.8 Å². The van der Waals surface area contributed by atoms with E-state index in [0.29, 0.717) is 45.3 Å². The van der Waals surface area contributed by atoms with Crippen LogP contribution in [-0.4, -0.2) is 37.3 Å². The summed E-state index contributed by atoms with van der Waals surface area (Å²) in [4.78, 5) is 57.7. The van der Waals surface area contributed by atoms with Crippen LogP contribution >= 0.6 is 0 Å². The molecular weight excluding hydrogens is 1190 g/mol. The second-order valence-electron chi connectivity index (χ2n) is 24.9. The Morgan fingerprint density at radius 3 is 0.927 bits per heavy atom. The monoisotopic (exact) mass is 1240 g/mol. The van der Waals surface area contributed by atoms with Crippen LogP contribution in [0.4, 0.5) is 0 Å². The molecule has 0 fully saturated rings. The van der Waals surface area contributed by atoms with Gasteiger partial charge in [0.15, 0.2) is 0 Å². The number of hydrogen-bond donors (Lipinski definition) is 0. The minimum atomic E-state index is -0.521. The van der Waals surface area contributed by atoms with Crippen molar-refractivity contribution in [2.45, 2.75) is 26.4 Å². The number of rotatable bonds is 14. The summed E-state index contributed by atoms with van der Waals surface area (Å²) in [7, 11) is 0. The topological polar surface area (TPSA) is 124 Å². The molecule has 12 heteroatoms. The summed E-state index contributed by atoms with van der Waals surface area (Å²) in [5.74, 6) is -0.199. The van der Waals surface area contributed by atoms with Crippen LogP contribution in [-0.2, 0) is 45.4 Å². The summed E-state index contributed by atoms with van der Waals surface area (Å²) in [6, 6.07) is 87.1. The molecule has 14 aromatic rings. The first-order chi connectivity index (χ1) is 47.2. The first-order valence-corrected chi connectivity index (χ1v) is 32.1. The maximum Gasteiger partial charge on any atom is 0.338 e. The number of hydrogen-bond acceptors (Lipinski definition) is 10.